The summed E-state index contributed by atoms with van der Waals surface area (Å²) in [7, 11) is 0. The fourth-order valence-electron chi connectivity index (χ4n) is 3.32. The molecule has 1 N–H and O–H groups in total. The van der Waals surface area contributed by atoms with Crippen LogP contribution in [0.2, 0.25) is 0 Å². The second kappa shape index (κ2) is 8.37. The lowest BCUT2D eigenvalue weighted by atomic mass is 9.93. The summed E-state index contributed by atoms with van der Waals surface area (Å²) in [6, 6.07) is 6.18. The van der Waals surface area contributed by atoms with Crippen molar-refractivity contribution in [2.24, 2.45) is 0 Å². The number of amides is 3. The maximum absolute atomic E-state index is 12.9. The Morgan fingerprint density at radius 1 is 0.920 bits per heavy atom. The number of carbonyl (C=O) groups excluding carboxylic acids is 2. The summed E-state index contributed by atoms with van der Waals surface area (Å²) in [4.78, 5) is 28.1. The zero-order valence-corrected chi connectivity index (χ0v) is 16.1. The standard InChI is InChI=1S/C20H31N3O2/c1-14(2)17-8-6-9-18(15(3)4)19(17)21-20(25)23-11-7-10-22(12-13-23)16(5)24/h6,8-9,14-15H,7,10-13H2,1-5H3,(H,21,25). The van der Waals surface area contributed by atoms with Gasteiger partial charge in [-0.15, -0.1) is 0 Å². The number of urea groups is 1. The van der Waals surface area contributed by atoms with Crippen LogP contribution in [0.4, 0.5) is 10.5 Å². The predicted octanol–water partition coefficient (Wildman–Crippen LogP) is 4.02. The normalized spacial score (nSPS) is 15.5. The zero-order valence-electron chi connectivity index (χ0n) is 16.1. The molecule has 0 atom stereocenters. The third-order valence-corrected chi connectivity index (χ3v) is 4.83. The lowest BCUT2D eigenvalue weighted by Gasteiger charge is -2.25. The minimum absolute atomic E-state index is 0.0691. The molecule has 2 rings (SSSR count). The third-order valence-electron chi connectivity index (χ3n) is 4.83. The van der Waals surface area contributed by atoms with E-state index in [4.69, 9.17) is 0 Å². The van der Waals surface area contributed by atoms with Gasteiger partial charge in [-0.05, 0) is 29.4 Å². The number of hydrogen-bond donors (Lipinski definition) is 1. The van der Waals surface area contributed by atoms with Crippen molar-refractivity contribution >= 4 is 17.6 Å². The maximum atomic E-state index is 12.9. The molecule has 0 aliphatic carbocycles. The maximum Gasteiger partial charge on any atom is 0.321 e. The highest BCUT2D eigenvalue weighted by Crippen LogP contribution is 2.32. The van der Waals surface area contributed by atoms with Crippen molar-refractivity contribution in [2.45, 2.75) is 52.9 Å². The average Bonchev–Trinajstić information content (AvgIpc) is 2.80. The molecule has 0 saturated carbocycles. The zero-order chi connectivity index (χ0) is 18.6. The van der Waals surface area contributed by atoms with Gasteiger partial charge in [-0.25, -0.2) is 4.79 Å². The molecule has 3 amide bonds. The molecule has 0 spiro atoms. The molecule has 5 heteroatoms. The van der Waals surface area contributed by atoms with Gasteiger partial charge in [0.15, 0.2) is 0 Å². The highest BCUT2D eigenvalue weighted by Gasteiger charge is 2.22. The van der Waals surface area contributed by atoms with Gasteiger partial charge >= 0.3 is 6.03 Å². The van der Waals surface area contributed by atoms with Crippen molar-refractivity contribution < 1.29 is 9.59 Å². The van der Waals surface area contributed by atoms with Gasteiger partial charge in [0.2, 0.25) is 5.91 Å². The van der Waals surface area contributed by atoms with E-state index >= 15 is 0 Å². The van der Waals surface area contributed by atoms with Gasteiger partial charge < -0.3 is 15.1 Å². The van der Waals surface area contributed by atoms with Crippen molar-refractivity contribution in [3.8, 4) is 0 Å². The van der Waals surface area contributed by atoms with Gasteiger partial charge in [-0.3, -0.25) is 4.79 Å². The first kappa shape index (κ1) is 19.3. The molecule has 1 fully saturated rings. The van der Waals surface area contributed by atoms with E-state index < -0.39 is 0 Å². The Kier molecular flexibility index (Phi) is 6.45. The highest BCUT2D eigenvalue weighted by atomic mass is 16.2. The molecule has 138 valence electrons. The summed E-state index contributed by atoms with van der Waals surface area (Å²) in [5.41, 5.74) is 3.28. The minimum atomic E-state index is -0.0691. The smallest absolute Gasteiger partial charge is 0.321 e. The van der Waals surface area contributed by atoms with E-state index in [1.807, 2.05) is 9.80 Å². The quantitative estimate of drug-likeness (QED) is 0.899. The Bertz CT molecular complexity index is 599. The minimum Gasteiger partial charge on any atom is -0.341 e. The fraction of sp³-hybridized carbons (Fsp3) is 0.600. The second-order valence-corrected chi connectivity index (χ2v) is 7.40. The van der Waals surface area contributed by atoms with Gasteiger partial charge in [0, 0.05) is 38.8 Å². The van der Waals surface area contributed by atoms with Crippen LogP contribution in [-0.2, 0) is 4.79 Å². The molecule has 1 aliphatic rings. The van der Waals surface area contributed by atoms with Crippen LogP contribution in [0.5, 0.6) is 0 Å². The Morgan fingerprint density at radius 2 is 1.44 bits per heavy atom. The molecule has 0 bridgehead atoms. The summed E-state index contributed by atoms with van der Waals surface area (Å²) >= 11 is 0. The van der Waals surface area contributed by atoms with Crippen LogP contribution in [0.25, 0.3) is 0 Å². The fourth-order valence-corrected chi connectivity index (χ4v) is 3.32. The van der Waals surface area contributed by atoms with E-state index in [1.54, 1.807) is 6.92 Å². The average molecular weight is 345 g/mol. The van der Waals surface area contributed by atoms with Crippen molar-refractivity contribution in [3.05, 3.63) is 29.3 Å². The van der Waals surface area contributed by atoms with Gasteiger partial charge in [0.1, 0.15) is 0 Å². The monoisotopic (exact) mass is 345 g/mol. The predicted molar refractivity (Wildman–Crippen MR) is 102 cm³/mol. The van der Waals surface area contributed by atoms with Crippen molar-refractivity contribution in [1.29, 1.82) is 0 Å². The Balaban J connectivity index is 2.18. The summed E-state index contributed by atoms with van der Waals surface area (Å²) in [5.74, 6) is 0.757. The molecular weight excluding hydrogens is 314 g/mol. The molecule has 1 aromatic carbocycles. The Labute approximate surface area is 151 Å². The largest absolute Gasteiger partial charge is 0.341 e. The summed E-state index contributed by atoms with van der Waals surface area (Å²) in [6.45, 7) is 12.7. The first-order valence-electron chi connectivity index (χ1n) is 9.25. The number of carbonyl (C=O) groups is 2. The van der Waals surface area contributed by atoms with Gasteiger partial charge in [-0.1, -0.05) is 45.9 Å². The van der Waals surface area contributed by atoms with Crippen LogP contribution in [0.1, 0.15) is 64.0 Å². The van der Waals surface area contributed by atoms with Crippen LogP contribution in [0.15, 0.2) is 18.2 Å². The van der Waals surface area contributed by atoms with Crippen molar-refractivity contribution in [2.75, 3.05) is 31.5 Å². The van der Waals surface area contributed by atoms with Crippen LogP contribution in [0, 0.1) is 0 Å². The number of nitrogens with one attached hydrogen (secondary N) is 1. The highest BCUT2D eigenvalue weighted by molar-refractivity contribution is 5.91. The molecule has 0 aromatic heterocycles. The summed E-state index contributed by atoms with van der Waals surface area (Å²) in [6.07, 6.45) is 0.815. The second-order valence-electron chi connectivity index (χ2n) is 7.40. The van der Waals surface area contributed by atoms with E-state index in [1.165, 1.54) is 11.1 Å². The lowest BCUT2D eigenvalue weighted by molar-refractivity contribution is -0.128. The van der Waals surface area contributed by atoms with Crippen LogP contribution in [0.3, 0.4) is 0 Å². The summed E-state index contributed by atoms with van der Waals surface area (Å²) < 4.78 is 0. The topological polar surface area (TPSA) is 52.7 Å². The summed E-state index contributed by atoms with van der Waals surface area (Å²) in [5, 5.41) is 3.17. The number of rotatable bonds is 3. The van der Waals surface area contributed by atoms with Crippen LogP contribution in [-0.4, -0.2) is 47.9 Å². The lowest BCUT2D eigenvalue weighted by Crippen LogP contribution is -2.39. The van der Waals surface area contributed by atoms with E-state index in [-0.39, 0.29) is 11.9 Å². The number of anilines is 1. The third kappa shape index (κ3) is 4.74. The van der Waals surface area contributed by atoms with E-state index in [0.717, 1.165) is 18.7 Å². The Morgan fingerprint density at radius 3 is 1.96 bits per heavy atom. The molecule has 1 saturated heterocycles. The van der Waals surface area contributed by atoms with Gasteiger partial charge in [0.05, 0.1) is 0 Å². The number of nitrogens with zero attached hydrogens (tertiary/aromatic N) is 2. The first-order chi connectivity index (χ1) is 11.8. The molecule has 0 unspecified atom stereocenters. The molecular formula is C20H31N3O2. The number of hydrogen-bond acceptors (Lipinski definition) is 2. The molecule has 5 nitrogen and oxygen atoms in total. The van der Waals surface area contributed by atoms with E-state index in [2.05, 4.69) is 51.2 Å². The van der Waals surface area contributed by atoms with Crippen molar-refractivity contribution in [3.63, 3.8) is 0 Å². The number of para-hydroxylation sites is 1. The molecule has 1 heterocycles. The van der Waals surface area contributed by atoms with E-state index in [0.29, 0.717) is 31.5 Å². The Hall–Kier alpha value is -2.04. The van der Waals surface area contributed by atoms with Gasteiger partial charge in [-0.2, -0.15) is 0 Å². The molecule has 0 radical (unpaired) electrons. The number of benzene rings is 1. The van der Waals surface area contributed by atoms with Crippen molar-refractivity contribution in [1.82, 2.24) is 9.80 Å². The van der Waals surface area contributed by atoms with E-state index in [9.17, 15) is 9.59 Å². The van der Waals surface area contributed by atoms with Gasteiger partial charge in [0.25, 0.3) is 0 Å². The van der Waals surface area contributed by atoms with Crippen LogP contribution >= 0.6 is 0 Å². The SMILES string of the molecule is CC(=O)N1CCCN(C(=O)Nc2c(C(C)C)cccc2C(C)C)CC1. The first-order valence-corrected chi connectivity index (χ1v) is 9.25. The molecule has 1 aromatic rings. The molecule has 1 aliphatic heterocycles. The van der Waals surface area contributed by atoms with Crippen LogP contribution < -0.4 is 5.32 Å². The molecule has 25 heavy (non-hydrogen) atoms.